The molecular formula is C17H27N7O. The zero-order chi connectivity index (χ0) is 17.8. The van der Waals surface area contributed by atoms with Gasteiger partial charge in [0.25, 0.3) is 0 Å². The highest BCUT2D eigenvalue weighted by Crippen LogP contribution is 2.17. The van der Waals surface area contributed by atoms with Gasteiger partial charge < -0.3 is 10.6 Å². The van der Waals surface area contributed by atoms with E-state index in [4.69, 9.17) is 0 Å². The van der Waals surface area contributed by atoms with E-state index in [1.54, 1.807) is 6.20 Å². The van der Waals surface area contributed by atoms with Crippen molar-refractivity contribution in [2.75, 3.05) is 11.9 Å². The van der Waals surface area contributed by atoms with E-state index in [2.05, 4.69) is 46.6 Å². The number of anilines is 1. The van der Waals surface area contributed by atoms with Crippen LogP contribution in [0.5, 0.6) is 0 Å². The van der Waals surface area contributed by atoms with E-state index in [9.17, 15) is 4.79 Å². The number of aromatic nitrogens is 5. The molecular weight excluding hydrogens is 318 g/mol. The van der Waals surface area contributed by atoms with Crippen molar-refractivity contribution >= 4 is 11.7 Å². The second-order valence-corrected chi connectivity index (χ2v) is 6.83. The lowest BCUT2D eigenvalue weighted by atomic mass is 10.1. The predicted octanol–water partition coefficient (Wildman–Crippen LogP) is 1.55. The average molecular weight is 345 g/mol. The van der Waals surface area contributed by atoms with Crippen molar-refractivity contribution in [2.45, 2.75) is 65.1 Å². The highest BCUT2D eigenvalue weighted by atomic mass is 16.2. The normalized spacial score (nSPS) is 16.9. The first kappa shape index (κ1) is 17.6. The van der Waals surface area contributed by atoms with Crippen molar-refractivity contribution < 1.29 is 4.79 Å². The standard InChI is InChI=1S/C17H27N7O/c1-4-9-23-15(7-8-19-23)20-16(25)10-18-13-5-6-14-21-17(12(2)3)22-24(14)11-13/h7-8,12-13,18H,4-6,9-11H2,1-3H3,(H,20,25). The van der Waals surface area contributed by atoms with E-state index < -0.39 is 0 Å². The molecule has 8 heteroatoms. The van der Waals surface area contributed by atoms with E-state index >= 15 is 0 Å². The van der Waals surface area contributed by atoms with E-state index in [-0.39, 0.29) is 18.5 Å². The summed E-state index contributed by atoms with van der Waals surface area (Å²) in [7, 11) is 0. The molecule has 0 saturated heterocycles. The molecule has 0 radical (unpaired) electrons. The minimum atomic E-state index is -0.0508. The van der Waals surface area contributed by atoms with Gasteiger partial charge in [-0.1, -0.05) is 20.8 Å². The van der Waals surface area contributed by atoms with Crippen molar-refractivity contribution in [2.24, 2.45) is 0 Å². The van der Waals surface area contributed by atoms with Crippen LogP contribution in [-0.2, 0) is 24.3 Å². The first-order chi connectivity index (χ1) is 12.1. The van der Waals surface area contributed by atoms with Crippen LogP contribution in [0.15, 0.2) is 12.3 Å². The lowest BCUT2D eigenvalue weighted by Gasteiger charge is -2.23. The first-order valence-corrected chi connectivity index (χ1v) is 9.05. The third kappa shape index (κ3) is 4.25. The van der Waals surface area contributed by atoms with Gasteiger partial charge in [0.1, 0.15) is 11.6 Å². The highest BCUT2D eigenvalue weighted by molar-refractivity contribution is 5.91. The van der Waals surface area contributed by atoms with Crippen molar-refractivity contribution in [3.8, 4) is 0 Å². The van der Waals surface area contributed by atoms with Gasteiger partial charge in [-0.15, -0.1) is 0 Å². The Labute approximate surface area is 148 Å². The van der Waals surface area contributed by atoms with Crippen LogP contribution in [0, 0.1) is 0 Å². The summed E-state index contributed by atoms with van der Waals surface area (Å²) in [6, 6.07) is 2.06. The van der Waals surface area contributed by atoms with Gasteiger partial charge in [-0.2, -0.15) is 10.2 Å². The maximum Gasteiger partial charge on any atom is 0.239 e. The minimum Gasteiger partial charge on any atom is -0.310 e. The van der Waals surface area contributed by atoms with E-state index in [0.717, 1.165) is 49.8 Å². The minimum absolute atomic E-state index is 0.0508. The van der Waals surface area contributed by atoms with Crippen LogP contribution in [0.2, 0.25) is 0 Å². The molecule has 1 aliphatic heterocycles. The summed E-state index contributed by atoms with van der Waals surface area (Å²) < 4.78 is 3.79. The summed E-state index contributed by atoms with van der Waals surface area (Å²) >= 11 is 0. The molecule has 0 fully saturated rings. The number of carbonyl (C=O) groups is 1. The van der Waals surface area contributed by atoms with Gasteiger partial charge in [-0.25, -0.2) is 14.3 Å². The molecule has 0 aliphatic carbocycles. The molecule has 1 aliphatic rings. The van der Waals surface area contributed by atoms with Gasteiger partial charge in [0.05, 0.1) is 19.3 Å². The van der Waals surface area contributed by atoms with Crippen LogP contribution < -0.4 is 10.6 Å². The lowest BCUT2D eigenvalue weighted by Crippen LogP contribution is -2.41. The Morgan fingerprint density at radius 2 is 2.28 bits per heavy atom. The van der Waals surface area contributed by atoms with Gasteiger partial charge in [0.2, 0.25) is 5.91 Å². The maximum atomic E-state index is 12.2. The molecule has 0 bridgehead atoms. The maximum absolute atomic E-state index is 12.2. The van der Waals surface area contributed by atoms with Crippen LogP contribution in [0.3, 0.4) is 0 Å². The molecule has 2 aromatic rings. The highest BCUT2D eigenvalue weighted by Gasteiger charge is 2.22. The smallest absolute Gasteiger partial charge is 0.239 e. The number of amides is 1. The van der Waals surface area contributed by atoms with Crippen molar-refractivity contribution in [1.29, 1.82) is 0 Å². The Bertz CT molecular complexity index is 718. The second-order valence-electron chi connectivity index (χ2n) is 6.83. The van der Waals surface area contributed by atoms with Gasteiger partial charge in [-0.3, -0.25) is 4.79 Å². The summed E-state index contributed by atoms with van der Waals surface area (Å²) in [5.41, 5.74) is 0. The first-order valence-electron chi connectivity index (χ1n) is 9.05. The van der Waals surface area contributed by atoms with Gasteiger partial charge in [-0.05, 0) is 12.8 Å². The monoisotopic (exact) mass is 345 g/mol. The lowest BCUT2D eigenvalue weighted by molar-refractivity contribution is -0.115. The summed E-state index contributed by atoms with van der Waals surface area (Å²) in [5.74, 6) is 2.98. The SMILES string of the molecule is CCCn1nccc1NC(=O)CNC1CCc2nc(C(C)C)nn2C1. The molecule has 2 N–H and O–H groups in total. The number of fused-ring (bicyclic) bond motifs is 1. The van der Waals surface area contributed by atoms with E-state index in [0.29, 0.717) is 5.92 Å². The Balaban J connectivity index is 1.50. The van der Waals surface area contributed by atoms with Gasteiger partial charge >= 0.3 is 0 Å². The number of hydrogen-bond acceptors (Lipinski definition) is 5. The molecule has 0 saturated carbocycles. The van der Waals surface area contributed by atoms with Gasteiger partial charge in [0.15, 0.2) is 5.82 Å². The molecule has 3 rings (SSSR count). The molecule has 0 spiro atoms. The Kier molecular flexibility index (Phi) is 5.47. The van der Waals surface area contributed by atoms with Crippen molar-refractivity contribution in [3.05, 3.63) is 23.9 Å². The fourth-order valence-corrected chi connectivity index (χ4v) is 2.99. The molecule has 2 aromatic heterocycles. The molecule has 1 atom stereocenters. The van der Waals surface area contributed by atoms with Crippen LogP contribution in [0.4, 0.5) is 5.82 Å². The summed E-state index contributed by atoms with van der Waals surface area (Å²) in [5, 5.41) is 15.0. The summed E-state index contributed by atoms with van der Waals surface area (Å²) in [4.78, 5) is 16.8. The zero-order valence-electron chi connectivity index (χ0n) is 15.2. The van der Waals surface area contributed by atoms with Crippen molar-refractivity contribution in [3.63, 3.8) is 0 Å². The van der Waals surface area contributed by atoms with Crippen LogP contribution in [0.1, 0.15) is 51.2 Å². The Hall–Kier alpha value is -2.22. The fraction of sp³-hybridized carbons (Fsp3) is 0.647. The second kappa shape index (κ2) is 7.77. The molecule has 1 amide bonds. The summed E-state index contributed by atoms with van der Waals surface area (Å²) in [6.45, 7) is 8.13. The number of nitrogens with one attached hydrogen (secondary N) is 2. The Morgan fingerprint density at radius 3 is 3.04 bits per heavy atom. The van der Waals surface area contributed by atoms with Crippen LogP contribution >= 0.6 is 0 Å². The Morgan fingerprint density at radius 1 is 1.44 bits per heavy atom. The average Bonchev–Trinajstić information content (AvgIpc) is 3.20. The van der Waals surface area contributed by atoms with E-state index in [1.165, 1.54) is 0 Å². The molecule has 3 heterocycles. The quantitative estimate of drug-likeness (QED) is 0.795. The number of hydrogen-bond donors (Lipinski definition) is 2. The number of aryl methyl sites for hydroxylation is 2. The van der Waals surface area contributed by atoms with Crippen LogP contribution in [-0.4, -0.2) is 43.0 Å². The topological polar surface area (TPSA) is 89.7 Å². The molecule has 1 unspecified atom stereocenters. The van der Waals surface area contributed by atoms with E-state index in [1.807, 2.05) is 15.4 Å². The number of carbonyl (C=O) groups excluding carboxylic acids is 1. The zero-order valence-corrected chi connectivity index (χ0v) is 15.2. The molecule has 25 heavy (non-hydrogen) atoms. The van der Waals surface area contributed by atoms with Gasteiger partial charge in [0, 0.05) is 31.0 Å². The summed E-state index contributed by atoms with van der Waals surface area (Å²) in [6.07, 6.45) is 4.54. The third-order valence-electron chi connectivity index (χ3n) is 4.36. The fourth-order valence-electron chi connectivity index (χ4n) is 2.99. The van der Waals surface area contributed by atoms with Crippen LogP contribution in [0.25, 0.3) is 0 Å². The largest absolute Gasteiger partial charge is 0.310 e. The predicted molar refractivity (Wildman–Crippen MR) is 95.4 cm³/mol. The molecule has 8 nitrogen and oxygen atoms in total. The number of rotatable bonds is 7. The van der Waals surface area contributed by atoms with Crippen molar-refractivity contribution in [1.82, 2.24) is 29.9 Å². The molecule has 0 aromatic carbocycles. The molecule has 136 valence electrons. The number of nitrogens with zero attached hydrogens (tertiary/aromatic N) is 5. The third-order valence-corrected chi connectivity index (χ3v) is 4.36.